The number of nitrogens with zero attached hydrogens (tertiary/aromatic N) is 3. The molecule has 4 N–H and O–H groups in total. The molecule has 1 fully saturated rings. The van der Waals surface area contributed by atoms with Crippen LogP contribution in [0.1, 0.15) is 12.8 Å². The van der Waals surface area contributed by atoms with Crippen molar-refractivity contribution < 1.29 is 9.53 Å². The van der Waals surface area contributed by atoms with Gasteiger partial charge in [0.2, 0.25) is 0 Å². The van der Waals surface area contributed by atoms with Crippen molar-refractivity contribution in [3.8, 4) is 11.4 Å². The Morgan fingerprint density at radius 1 is 1.32 bits per heavy atom. The van der Waals surface area contributed by atoms with Crippen LogP contribution in [0.4, 0.5) is 10.5 Å². The van der Waals surface area contributed by atoms with E-state index in [9.17, 15) is 4.79 Å². The quantitative estimate of drug-likeness (QED) is 0.720. The Bertz CT molecular complexity index is 637. The summed E-state index contributed by atoms with van der Waals surface area (Å²) >= 11 is 0. The van der Waals surface area contributed by atoms with Crippen molar-refractivity contribution in [3.05, 3.63) is 30.9 Å². The molecule has 3 rings (SSSR count). The number of nitrogen functional groups attached to an aromatic ring is 1. The minimum atomic E-state index is -0.467. The Balaban J connectivity index is 1.73. The molecule has 8 heteroatoms. The minimum absolute atomic E-state index is 0.140. The normalized spacial score (nSPS) is 15.5. The number of anilines is 1. The molecular weight excluding hydrogens is 284 g/mol. The average molecular weight is 302 g/mol. The van der Waals surface area contributed by atoms with Crippen LogP contribution in [0, 0.1) is 0 Å². The van der Waals surface area contributed by atoms with E-state index >= 15 is 0 Å². The Morgan fingerprint density at radius 2 is 2.05 bits per heavy atom. The van der Waals surface area contributed by atoms with Crippen LogP contribution in [0.2, 0.25) is 0 Å². The Morgan fingerprint density at radius 3 is 2.77 bits per heavy atom. The van der Waals surface area contributed by atoms with Crippen LogP contribution in [-0.4, -0.2) is 40.0 Å². The van der Waals surface area contributed by atoms with E-state index < -0.39 is 6.09 Å². The van der Waals surface area contributed by atoms with E-state index in [4.69, 9.17) is 10.5 Å². The van der Waals surface area contributed by atoms with Crippen molar-refractivity contribution in [1.29, 1.82) is 0 Å². The zero-order valence-electron chi connectivity index (χ0n) is 12.0. The number of carbonyl (C=O) groups is 1. The second kappa shape index (κ2) is 6.44. The summed E-state index contributed by atoms with van der Waals surface area (Å²) in [6.45, 7) is 1.80. The highest BCUT2D eigenvalue weighted by molar-refractivity contribution is 5.73. The molecule has 0 bridgehead atoms. The second-order valence-electron chi connectivity index (χ2n) is 5.15. The summed E-state index contributed by atoms with van der Waals surface area (Å²) < 4.78 is 7.07. The van der Waals surface area contributed by atoms with Gasteiger partial charge in [0, 0.05) is 11.7 Å². The van der Waals surface area contributed by atoms with Gasteiger partial charge in [-0.15, -0.1) is 10.2 Å². The highest BCUT2D eigenvalue weighted by Gasteiger charge is 2.18. The molecule has 1 aromatic carbocycles. The zero-order chi connectivity index (χ0) is 15.4. The summed E-state index contributed by atoms with van der Waals surface area (Å²) in [4.78, 5) is 12.1. The number of carbonyl (C=O) groups excluding carboxylic acids is 1. The number of hydrogen-bond acceptors (Lipinski definition) is 6. The summed E-state index contributed by atoms with van der Waals surface area (Å²) in [5.41, 5.74) is 6.98. The Kier molecular flexibility index (Phi) is 4.19. The molecule has 0 unspecified atom stereocenters. The first-order chi connectivity index (χ1) is 10.7. The smallest absolute Gasteiger partial charge is 0.408 e. The maximum absolute atomic E-state index is 12.1. The second-order valence-corrected chi connectivity index (χ2v) is 5.15. The lowest BCUT2D eigenvalue weighted by atomic mass is 10.1. The van der Waals surface area contributed by atoms with Crippen LogP contribution < -0.4 is 21.1 Å². The van der Waals surface area contributed by atoms with Gasteiger partial charge in [-0.3, -0.25) is 4.57 Å². The first kappa shape index (κ1) is 14.3. The molecule has 0 atom stereocenters. The zero-order valence-corrected chi connectivity index (χ0v) is 12.0. The number of ether oxygens (including phenoxy) is 1. The van der Waals surface area contributed by atoms with Gasteiger partial charge in [0.15, 0.2) is 5.75 Å². The minimum Gasteiger partial charge on any atom is -0.408 e. The first-order valence-corrected chi connectivity index (χ1v) is 7.16. The molecule has 2 heterocycles. The van der Waals surface area contributed by atoms with Gasteiger partial charge in [0.25, 0.3) is 0 Å². The maximum atomic E-state index is 12.1. The van der Waals surface area contributed by atoms with Crippen LogP contribution in [0.25, 0.3) is 5.69 Å². The fraction of sp³-hybridized carbons (Fsp3) is 0.357. The summed E-state index contributed by atoms with van der Waals surface area (Å²) in [6, 6.07) is 5.19. The van der Waals surface area contributed by atoms with Gasteiger partial charge >= 0.3 is 6.09 Å². The van der Waals surface area contributed by atoms with Crippen molar-refractivity contribution in [2.45, 2.75) is 18.9 Å². The number of nitrogens with one attached hydrogen (secondary N) is 2. The number of rotatable bonds is 3. The molecule has 1 saturated heterocycles. The third-order valence-corrected chi connectivity index (χ3v) is 3.54. The van der Waals surface area contributed by atoms with Gasteiger partial charge in [-0.1, -0.05) is 0 Å². The van der Waals surface area contributed by atoms with E-state index in [2.05, 4.69) is 20.8 Å². The van der Waals surface area contributed by atoms with E-state index in [1.807, 2.05) is 0 Å². The molecule has 2 aromatic rings. The number of amides is 1. The Labute approximate surface area is 127 Å². The summed E-state index contributed by atoms with van der Waals surface area (Å²) in [7, 11) is 0. The van der Waals surface area contributed by atoms with Crippen molar-refractivity contribution >= 4 is 11.8 Å². The van der Waals surface area contributed by atoms with Gasteiger partial charge < -0.3 is 21.1 Å². The fourth-order valence-corrected chi connectivity index (χ4v) is 2.41. The fourth-order valence-electron chi connectivity index (χ4n) is 2.41. The Hall–Kier alpha value is -2.61. The summed E-state index contributed by atoms with van der Waals surface area (Å²) in [5, 5.41) is 13.6. The van der Waals surface area contributed by atoms with Crippen molar-refractivity contribution in [2.24, 2.45) is 0 Å². The molecule has 1 aliphatic heterocycles. The molecule has 1 aromatic heterocycles. The van der Waals surface area contributed by atoms with Crippen molar-refractivity contribution in [1.82, 2.24) is 25.4 Å². The average Bonchev–Trinajstić information content (AvgIpc) is 3.04. The number of aromatic nitrogens is 3. The van der Waals surface area contributed by atoms with Crippen LogP contribution >= 0.6 is 0 Å². The SMILES string of the molecule is Nc1ccc(OC(=O)NC2CCNCC2)c(-n2cnnc2)c1. The number of benzene rings is 1. The molecule has 0 spiro atoms. The monoisotopic (exact) mass is 302 g/mol. The predicted octanol–water partition coefficient (Wildman–Crippen LogP) is 0.690. The lowest BCUT2D eigenvalue weighted by molar-refractivity contribution is 0.192. The van der Waals surface area contributed by atoms with Gasteiger partial charge in [0.1, 0.15) is 12.7 Å². The van der Waals surface area contributed by atoms with Crippen molar-refractivity contribution in [2.75, 3.05) is 18.8 Å². The van der Waals surface area contributed by atoms with E-state index in [-0.39, 0.29) is 6.04 Å². The van der Waals surface area contributed by atoms with Gasteiger partial charge in [-0.2, -0.15) is 0 Å². The van der Waals surface area contributed by atoms with Gasteiger partial charge in [-0.05, 0) is 44.1 Å². The van der Waals surface area contributed by atoms with Crippen LogP contribution in [0.3, 0.4) is 0 Å². The third kappa shape index (κ3) is 3.34. The number of nitrogens with two attached hydrogens (primary N) is 1. The molecular formula is C14H18N6O2. The predicted molar refractivity (Wildman–Crippen MR) is 80.8 cm³/mol. The van der Waals surface area contributed by atoms with Crippen LogP contribution in [-0.2, 0) is 0 Å². The van der Waals surface area contributed by atoms with E-state index in [1.54, 1.807) is 22.8 Å². The van der Waals surface area contributed by atoms with Gasteiger partial charge in [0.05, 0.1) is 5.69 Å². The van der Waals surface area contributed by atoms with E-state index in [0.29, 0.717) is 17.1 Å². The largest absolute Gasteiger partial charge is 0.412 e. The summed E-state index contributed by atoms with van der Waals surface area (Å²) in [5.74, 6) is 0.403. The van der Waals surface area contributed by atoms with E-state index in [0.717, 1.165) is 25.9 Å². The third-order valence-electron chi connectivity index (χ3n) is 3.54. The standard InChI is InChI=1S/C14H18N6O2/c15-10-1-2-13(12(7-10)20-8-17-18-9-20)22-14(21)19-11-3-5-16-6-4-11/h1-2,7-9,11,16H,3-6,15H2,(H,19,21). The van der Waals surface area contributed by atoms with Crippen LogP contribution in [0.15, 0.2) is 30.9 Å². The molecule has 1 amide bonds. The topological polar surface area (TPSA) is 107 Å². The number of hydrogen-bond donors (Lipinski definition) is 3. The molecule has 0 aliphatic carbocycles. The highest BCUT2D eigenvalue weighted by Crippen LogP contribution is 2.25. The number of piperidine rings is 1. The summed E-state index contributed by atoms with van der Waals surface area (Å²) in [6.07, 6.45) is 4.37. The highest BCUT2D eigenvalue weighted by atomic mass is 16.6. The molecule has 8 nitrogen and oxygen atoms in total. The first-order valence-electron chi connectivity index (χ1n) is 7.16. The molecule has 0 radical (unpaired) electrons. The molecule has 22 heavy (non-hydrogen) atoms. The maximum Gasteiger partial charge on any atom is 0.412 e. The lowest BCUT2D eigenvalue weighted by Gasteiger charge is -2.23. The lowest BCUT2D eigenvalue weighted by Crippen LogP contribution is -2.43. The van der Waals surface area contributed by atoms with Gasteiger partial charge in [-0.25, -0.2) is 4.79 Å². The van der Waals surface area contributed by atoms with Crippen molar-refractivity contribution in [3.63, 3.8) is 0 Å². The van der Waals surface area contributed by atoms with Crippen LogP contribution in [0.5, 0.6) is 5.75 Å². The molecule has 0 saturated carbocycles. The molecule has 116 valence electrons. The van der Waals surface area contributed by atoms with E-state index in [1.165, 1.54) is 12.7 Å². The molecule has 1 aliphatic rings.